The van der Waals surface area contributed by atoms with Gasteiger partial charge in [-0.05, 0) is 32.0 Å². The molecule has 0 unspecified atom stereocenters. The Kier molecular flexibility index (Phi) is 6.34. The van der Waals surface area contributed by atoms with Gasteiger partial charge in [-0.3, -0.25) is 4.90 Å². The van der Waals surface area contributed by atoms with Crippen LogP contribution in [0.4, 0.5) is 11.5 Å². The molecule has 0 atom stereocenters. The van der Waals surface area contributed by atoms with Gasteiger partial charge in [0.1, 0.15) is 5.82 Å². The topological polar surface area (TPSA) is 48.0 Å². The lowest BCUT2D eigenvalue weighted by molar-refractivity contribution is 0.0376. The van der Waals surface area contributed by atoms with Gasteiger partial charge in [-0.2, -0.15) is 0 Å². The van der Waals surface area contributed by atoms with Gasteiger partial charge in [0.2, 0.25) is 0 Å². The van der Waals surface area contributed by atoms with Gasteiger partial charge in [-0.1, -0.05) is 12.1 Å². The lowest BCUT2D eigenvalue weighted by Crippen LogP contribution is -2.44. The Morgan fingerprint density at radius 1 is 0.968 bits per heavy atom. The van der Waals surface area contributed by atoms with E-state index in [0.29, 0.717) is 0 Å². The van der Waals surface area contributed by atoms with E-state index < -0.39 is 0 Å². The van der Waals surface area contributed by atoms with E-state index in [-0.39, 0.29) is 0 Å². The second kappa shape index (κ2) is 9.51. The summed E-state index contributed by atoms with van der Waals surface area (Å²) in [5.41, 5.74) is 3.67. The van der Waals surface area contributed by atoms with Crippen molar-refractivity contribution >= 4 is 11.5 Å². The van der Waals surface area contributed by atoms with E-state index in [1.807, 2.05) is 6.20 Å². The SMILES string of the molecule is CN1CCN(c2cccc(-c3ncc4c(n3)N(CCCN3CCOCC3)CC4)c2)CC1. The number of ether oxygens (including phenoxy) is 1. The van der Waals surface area contributed by atoms with Crippen molar-refractivity contribution in [3.8, 4) is 11.4 Å². The fourth-order valence-electron chi connectivity index (χ4n) is 4.78. The van der Waals surface area contributed by atoms with Crippen LogP contribution in [0.2, 0.25) is 0 Å². The third-order valence-corrected chi connectivity index (χ3v) is 6.77. The Hall–Kier alpha value is -2.22. The van der Waals surface area contributed by atoms with Gasteiger partial charge >= 0.3 is 0 Å². The maximum atomic E-state index is 5.46. The van der Waals surface area contributed by atoms with Crippen LogP contribution in [0, 0.1) is 0 Å². The van der Waals surface area contributed by atoms with Crippen molar-refractivity contribution < 1.29 is 4.74 Å². The van der Waals surface area contributed by atoms with Crippen molar-refractivity contribution in [2.45, 2.75) is 12.8 Å². The molecular formula is C24H34N6O. The molecule has 3 aliphatic heterocycles. The van der Waals surface area contributed by atoms with Crippen molar-refractivity contribution in [3.05, 3.63) is 36.0 Å². The van der Waals surface area contributed by atoms with Crippen molar-refractivity contribution in [3.63, 3.8) is 0 Å². The first-order valence-corrected chi connectivity index (χ1v) is 11.7. The Morgan fingerprint density at radius 2 is 1.81 bits per heavy atom. The number of aromatic nitrogens is 2. The van der Waals surface area contributed by atoms with E-state index in [0.717, 1.165) is 102 Å². The van der Waals surface area contributed by atoms with Crippen LogP contribution in [-0.2, 0) is 11.2 Å². The van der Waals surface area contributed by atoms with Gasteiger partial charge in [0, 0.05) is 81.9 Å². The molecule has 166 valence electrons. The fraction of sp³-hybridized carbons (Fsp3) is 0.583. The van der Waals surface area contributed by atoms with E-state index in [1.165, 1.54) is 11.3 Å². The average molecular weight is 423 g/mol. The highest BCUT2D eigenvalue weighted by atomic mass is 16.5. The van der Waals surface area contributed by atoms with E-state index >= 15 is 0 Å². The molecule has 31 heavy (non-hydrogen) atoms. The molecule has 7 nitrogen and oxygen atoms in total. The first-order chi connectivity index (χ1) is 15.3. The summed E-state index contributed by atoms with van der Waals surface area (Å²) in [5, 5.41) is 0. The number of benzene rings is 1. The highest BCUT2D eigenvalue weighted by molar-refractivity contribution is 5.66. The molecule has 3 aliphatic rings. The second-order valence-corrected chi connectivity index (χ2v) is 8.93. The van der Waals surface area contributed by atoms with Crippen LogP contribution in [0.1, 0.15) is 12.0 Å². The average Bonchev–Trinajstić information content (AvgIpc) is 3.23. The summed E-state index contributed by atoms with van der Waals surface area (Å²) < 4.78 is 5.46. The van der Waals surface area contributed by atoms with Gasteiger partial charge in [0.15, 0.2) is 5.82 Å². The van der Waals surface area contributed by atoms with Gasteiger partial charge in [-0.25, -0.2) is 9.97 Å². The monoisotopic (exact) mass is 422 g/mol. The number of nitrogens with zero attached hydrogens (tertiary/aromatic N) is 6. The lowest BCUT2D eigenvalue weighted by Gasteiger charge is -2.34. The smallest absolute Gasteiger partial charge is 0.161 e. The number of rotatable bonds is 6. The van der Waals surface area contributed by atoms with Crippen molar-refractivity contribution in [2.24, 2.45) is 0 Å². The number of fused-ring (bicyclic) bond motifs is 1. The molecule has 0 spiro atoms. The van der Waals surface area contributed by atoms with Crippen LogP contribution in [-0.4, -0.2) is 98.9 Å². The summed E-state index contributed by atoms with van der Waals surface area (Å²) in [7, 11) is 2.19. The standard InChI is InChI=1S/C24H34N6O/c1-27-10-12-29(13-11-27)22-5-2-4-20(18-22)23-25-19-21-6-9-30(24(21)26-23)8-3-7-28-14-16-31-17-15-28/h2,4-5,18-19H,3,6-17H2,1H3. The zero-order valence-corrected chi connectivity index (χ0v) is 18.7. The zero-order valence-electron chi connectivity index (χ0n) is 18.7. The lowest BCUT2D eigenvalue weighted by atomic mass is 10.1. The Morgan fingerprint density at radius 3 is 2.65 bits per heavy atom. The highest BCUT2D eigenvalue weighted by Gasteiger charge is 2.22. The summed E-state index contributed by atoms with van der Waals surface area (Å²) in [6, 6.07) is 8.74. The molecule has 1 aromatic carbocycles. The summed E-state index contributed by atoms with van der Waals surface area (Å²) >= 11 is 0. The normalized spacial score (nSPS) is 20.3. The summed E-state index contributed by atoms with van der Waals surface area (Å²) in [4.78, 5) is 19.6. The van der Waals surface area contributed by atoms with Crippen LogP contribution in [0.15, 0.2) is 30.5 Å². The molecule has 2 saturated heterocycles. The Labute approximate surface area is 185 Å². The van der Waals surface area contributed by atoms with Crippen LogP contribution in [0.25, 0.3) is 11.4 Å². The van der Waals surface area contributed by atoms with E-state index in [2.05, 4.69) is 50.9 Å². The molecule has 0 saturated carbocycles. The Bertz CT molecular complexity index is 876. The first-order valence-electron chi connectivity index (χ1n) is 11.7. The molecule has 2 aromatic rings. The Balaban J connectivity index is 1.26. The number of morpholine rings is 1. The molecule has 0 amide bonds. The maximum Gasteiger partial charge on any atom is 0.161 e. The predicted octanol–water partition coefficient (Wildman–Crippen LogP) is 1.98. The van der Waals surface area contributed by atoms with E-state index in [1.54, 1.807) is 0 Å². The number of likely N-dealkylation sites (N-methyl/N-ethyl adjacent to an activating group) is 1. The van der Waals surface area contributed by atoms with Crippen LogP contribution in [0.3, 0.4) is 0 Å². The number of hydrogen-bond donors (Lipinski definition) is 0. The quantitative estimate of drug-likeness (QED) is 0.705. The third kappa shape index (κ3) is 4.84. The molecule has 7 heteroatoms. The molecular weight excluding hydrogens is 388 g/mol. The summed E-state index contributed by atoms with van der Waals surface area (Å²) in [6.45, 7) is 11.5. The molecule has 0 N–H and O–H groups in total. The summed E-state index contributed by atoms with van der Waals surface area (Å²) in [6.07, 6.45) is 4.26. The van der Waals surface area contributed by atoms with Crippen molar-refractivity contribution in [1.82, 2.24) is 19.8 Å². The van der Waals surface area contributed by atoms with Crippen LogP contribution >= 0.6 is 0 Å². The molecule has 0 aliphatic carbocycles. The largest absolute Gasteiger partial charge is 0.379 e. The minimum absolute atomic E-state index is 0.842. The summed E-state index contributed by atoms with van der Waals surface area (Å²) in [5.74, 6) is 1.98. The molecule has 5 rings (SSSR count). The number of piperazine rings is 1. The molecule has 1 aromatic heterocycles. The first kappa shape index (κ1) is 20.7. The molecule has 0 radical (unpaired) electrons. The van der Waals surface area contributed by atoms with E-state index in [4.69, 9.17) is 14.7 Å². The minimum atomic E-state index is 0.842. The predicted molar refractivity (Wildman–Crippen MR) is 125 cm³/mol. The van der Waals surface area contributed by atoms with Gasteiger partial charge < -0.3 is 19.4 Å². The van der Waals surface area contributed by atoms with Gasteiger partial charge in [-0.15, -0.1) is 0 Å². The van der Waals surface area contributed by atoms with Gasteiger partial charge in [0.05, 0.1) is 13.2 Å². The third-order valence-electron chi connectivity index (χ3n) is 6.77. The zero-order chi connectivity index (χ0) is 21.0. The van der Waals surface area contributed by atoms with Crippen molar-refractivity contribution in [2.75, 3.05) is 89.0 Å². The van der Waals surface area contributed by atoms with Crippen molar-refractivity contribution in [1.29, 1.82) is 0 Å². The van der Waals surface area contributed by atoms with Gasteiger partial charge in [0.25, 0.3) is 0 Å². The number of hydrogen-bond acceptors (Lipinski definition) is 7. The minimum Gasteiger partial charge on any atom is -0.379 e. The molecule has 4 heterocycles. The highest BCUT2D eigenvalue weighted by Crippen LogP contribution is 2.29. The van der Waals surface area contributed by atoms with Crippen LogP contribution in [0.5, 0.6) is 0 Å². The molecule has 0 bridgehead atoms. The van der Waals surface area contributed by atoms with Crippen LogP contribution < -0.4 is 9.80 Å². The number of anilines is 2. The second-order valence-electron chi connectivity index (χ2n) is 8.93. The fourth-order valence-corrected chi connectivity index (χ4v) is 4.78. The maximum absolute atomic E-state index is 5.46. The van der Waals surface area contributed by atoms with E-state index in [9.17, 15) is 0 Å². The molecule has 2 fully saturated rings.